The number of carboxylic acids is 1. The van der Waals surface area contributed by atoms with Gasteiger partial charge in [-0.3, -0.25) is 0 Å². The Balaban J connectivity index is 2.46. The maximum absolute atomic E-state index is 10.6. The zero-order valence-corrected chi connectivity index (χ0v) is 9.99. The van der Waals surface area contributed by atoms with E-state index >= 15 is 0 Å². The molecular weight excluding hydrogens is 299 g/mol. The lowest BCUT2D eigenvalue weighted by molar-refractivity contribution is 0.0680. The third-order valence-corrected chi connectivity index (χ3v) is 2.40. The first-order chi connectivity index (χ1) is 7.56. The standard InChI is InChI=1S/C9H4BrClN2O3/c10-5-1-4(2-6(11)3-5)8-12-7(9(14)15)13-16-8/h1-3H,(H,14,15). The second kappa shape index (κ2) is 4.23. The number of carboxylic acid groups (broad SMARTS) is 1. The fourth-order valence-electron chi connectivity index (χ4n) is 1.10. The largest absolute Gasteiger partial charge is 0.475 e. The first-order valence-corrected chi connectivity index (χ1v) is 5.27. The average Bonchev–Trinajstić information content (AvgIpc) is 2.64. The van der Waals surface area contributed by atoms with Crippen molar-refractivity contribution in [2.24, 2.45) is 0 Å². The summed E-state index contributed by atoms with van der Waals surface area (Å²) in [4.78, 5) is 14.3. The topological polar surface area (TPSA) is 76.2 Å². The van der Waals surface area contributed by atoms with E-state index in [0.717, 1.165) is 4.47 Å². The first kappa shape index (κ1) is 11.1. The quantitative estimate of drug-likeness (QED) is 0.923. The smallest absolute Gasteiger partial charge is 0.377 e. The van der Waals surface area contributed by atoms with Gasteiger partial charge in [0.1, 0.15) is 0 Å². The van der Waals surface area contributed by atoms with Crippen LogP contribution in [0.4, 0.5) is 0 Å². The molecule has 1 aromatic carbocycles. The Morgan fingerprint density at radius 1 is 1.44 bits per heavy atom. The van der Waals surface area contributed by atoms with Crippen LogP contribution in [0.2, 0.25) is 5.02 Å². The molecule has 0 saturated heterocycles. The van der Waals surface area contributed by atoms with Gasteiger partial charge < -0.3 is 9.63 Å². The SMILES string of the molecule is O=C(O)c1noc(-c2cc(Cl)cc(Br)c2)n1. The molecule has 0 spiro atoms. The van der Waals surface area contributed by atoms with Gasteiger partial charge in [0.05, 0.1) is 0 Å². The monoisotopic (exact) mass is 302 g/mol. The van der Waals surface area contributed by atoms with Crippen molar-refractivity contribution in [3.8, 4) is 11.5 Å². The van der Waals surface area contributed by atoms with Crippen molar-refractivity contribution in [2.45, 2.75) is 0 Å². The van der Waals surface area contributed by atoms with Gasteiger partial charge in [0.2, 0.25) is 0 Å². The van der Waals surface area contributed by atoms with Crippen LogP contribution >= 0.6 is 27.5 Å². The van der Waals surface area contributed by atoms with Gasteiger partial charge in [-0.25, -0.2) is 4.79 Å². The van der Waals surface area contributed by atoms with E-state index < -0.39 is 5.97 Å². The molecule has 0 atom stereocenters. The van der Waals surface area contributed by atoms with E-state index in [1.807, 2.05) is 0 Å². The van der Waals surface area contributed by atoms with Crippen LogP contribution in [-0.2, 0) is 0 Å². The predicted octanol–water partition coefficient (Wildman–Crippen LogP) is 2.85. The molecule has 2 rings (SSSR count). The molecule has 0 unspecified atom stereocenters. The van der Waals surface area contributed by atoms with Crippen LogP contribution in [0.5, 0.6) is 0 Å². The van der Waals surface area contributed by atoms with Crippen LogP contribution in [-0.4, -0.2) is 21.2 Å². The Morgan fingerprint density at radius 2 is 2.19 bits per heavy atom. The molecule has 1 N–H and O–H groups in total. The summed E-state index contributed by atoms with van der Waals surface area (Å²) in [6, 6.07) is 5.00. The fraction of sp³-hybridized carbons (Fsp3) is 0. The number of hydrogen-bond donors (Lipinski definition) is 1. The lowest BCUT2D eigenvalue weighted by atomic mass is 10.2. The molecule has 0 bridgehead atoms. The molecule has 1 heterocycles. The van der Waals surface area contributed by atoms with Gasteiger partial charge in [-0.05, 0) is 23.4 Å². The predicted molar refractivity (Wildman–Crippen MR) is 59.4 cm³/mol. The molecule has 2 aromatic rings. The maximum Gasteiger partial charge on any atom is 0.377 e. The Hall–Kier alpha value is -1.40. The zero-order chi connectivity index (χ0) is 11.7. The van der Waals surface area contributed by atoms with Gasteiger partial charge in [0.25, 0.3) is 11.7 Å². The number of hydrogen-bond acceptors (Lipinski definition) is 4. The Bertz CT molecular complexity index is 535. The van der Waals surface area contributed by atoms with Crippen LogP contribution in [0, 0.1) is 0 Å². The third kappa shape index (κ3) is 2.23. The average molecular weight is 303 g/mol. The highest BCUT2D eigenvalue weighted by Crippen LogP contribution is 2.26. The molecule has 0 aliphatic heterocycles. The van der Waals surface area contributed by atoms with Crippen LogP contribution in [0.15, 0.2) is 27.2 Å². The van der Waals surface area contributed by atoms with Crippen molar-refractivity contribution in [2.75, 3.05) is 0 Å². The summed E-state index contributed by atoms with van der Waals surface area (Å²) in [6.45, 7) is 0. The van der Waals surface area contributed by atoms with Gasteiger partial charge in [0, 0.05) is 15.1 Å². The van der Waals surface area contributed by atoms with Gasteiger partial charge in [-0.15, -0.1) is 0 Å². The summed E-state index contributed by atoms with van der Waals surface area (Å²) in [7, 11) is 0. The van der Waals surface area contributed by atoms with E-state index in [0.29, 0.717) is 10.6 Å². The zero-order valence-electron chi connectivity index (χ0n) is 7.65. The summed E-state index contributed by atoms with van der Waals surface area (Å²) >= 11 is 9.09. The van der Waals surface area contributed by atoms with Crippen LogP contribution in [0.25, 0.3) is 11.5 Å². The number of halogens is 2. The van der Waals surface area contributed by atoms with E-state index in [1.54, 1.807) is 18.2 Å². The van der Waals surface area contributed by atoms with Crippen molar-refractivity contribution >= 4 is 33.5 Å². The second-order valence-corrected chi connectivity index (χ2v) is 4.24. The summed E-state index contributed by atoms with van der Waals surface area (Å²) in [5.41, 5.74) is 0.555. The van der Waals surface area contributed by atoms with Crippen LogP contribution in [0.1, 0.15) is 10.6 Å². The molecule has 5 nitrogen and oxygen atoms in total. The van der Waals surface area contributed by atoms with E-state index in [9.17, 15) is 4.79 Å². The van der Waals surface area contributed by atoms with Crippen molar-refractivity contribution in [3.63, 3.8) is 0 Å². The summed E-state index contributed by atoms with van der Waals surface area (Å²) < 4.78 is 5.54. The van der Waals surface area contributed by atoms with Gasteiger partial charge >= 0.3 is 5.97 Å². The van der Waals surface area contributed by atoms with Crippen molar-refractivity contribution < 1.29 is 14.4 Å². The summed E-state index contributed by atoms with van der Waals surface area (Å²) in [6.07, 6.45) is 0. The lowest BCUT2D eigenvalue weighted by Gasteiger charge is -1.96. The molecule has 16 heavy (non-hydrogen) atoms. The number of rotatable bonds is 2. The highest BCUT2D eigenvalue weighted by molar-refractivity contribution is 9.10. The Morgan fingerprint density at radius 3 is 2.75 bits per heavy atom. The lowest BCUT2D eigenvalue weighted by Crippen LogP contribution is -1.98. The highest BCUT2D eigenvalue weighted by atomic mass is 79.9. The van der Waals surface area contributed by atoms with Gasteiger partial charge in [-0.2, -0.15) is 4.98 Å². The third-order valence-electron chi connectivity index (χ3n) is 1.73. The van der Waals surface area contributed by atoms with E-state index in [4.69, 9.17) is 21.2 Å². The molecule has 0 aliphatic carbocycles. The Labute approximate surface area is 103 Å². The van der Waals surface area contributed by atoms with Gasteiger partial charge in [-0.1, -0.05) is 27.5 Å². The molecule has 0 aliphatic rings. The summed E-state index contributed by atoms with van der Waals surface area (Å²) in [5, 5.41) is 12.4. The second-order valence-electron chi connectivity index (χ2n) is 2.89. The van der Waals surface area contributed by atoms with E-state index in [2.05, 4.69) is 26.1 Å². The normalized spacial score (nSPS) is 10.4. The van der Waals surface area contributed by atoms with E-state index in [-0.39, 0.29) is 11.7 Å². The van der Waals surface area contributed by atoms with Crippen molar-refractivity contribution in [1.82, 2.24) is 10.1 Å². The Kier molecular flexibility index (Phi) is 2.93. The molecule has 0 amide bonds. The summed E-state index contributed by atoms with van der Waals surface area (Å²) in [5.74, 6) is -1.51. The first-order valence-electron chi connectivity index (χ1n) is 4.10. The molecule has 0 radical (unpaired) electrons. The number of nitrogens with zero attached hydrogens (tertiary/aromatic N) is 2. The van der Waals surface area contributed by atoms with E-state index in [1.165, 1.54) is 0 Å². The van der Waals surface area contributed by atoms with Crippen molar-refractivity contribution in [3.05, 3.63) is 33.5 Å². The minimum Gasteiger partial charge on any atom is -0.475 e. The minimum absolute atomic E-state index is 0.112. The molecule has 82 valence electrons. The molecule has 1 aromatic heterocycles. The molecule has 7 heteroatoms. The van der Waals surface area contributed by atoms with Crippen LogP contribution < -0.4 is 0 Å². The number of aromatic nitrogens is 2. The van der Waals surface area contributed by atoms with Crippen LogP contribution in [0.3, 0.4) is 0 Å². The minimum atomic E-state index is -1.24. The molecular formula is C9H4BrClN2O3. The highest BCUT2D eigenvalue weighted by Gasteiger charge is 2.14. The fourth-order valence-corrected chi connectivity index (χ4v) is 1.97. The molecule has 0 saturated carbocycles. The number of benzene rings is 1. The van der Waals surface area contributed by atoms with Crippen molar-refractivity contribution in [1.29, 1.82) is 0 Å². The number of aromatic carboxylic acids is 1. The molecule has 0 fully saturated rings. The number of carbonyl (C=O) groups is 1. The van der Waals surface area contributed by atoms with Gasteiger partial charge in [0.15, 0.2) is 0 Å². The maximum atomic E-state index is 10.6.